The third-order valence-electron chi connectivity index (χ3n) is 6.89. The minimum absolute atomic E-state index is 0.0245. The molecule has 128 valence electrons. The van der Waals surface area contributed by atoms with Crippen LogP contribution in [0, 0.1) is 11.8 Å². The number of carbonyl (C=O) groups excluding carboxylic acids is 2. The number of imide groups is 1. The fraction of sp³-hybridized carbons (Fsp3) is 0.455. The Morgan fingerprint density at radius 1 is 0.840 bits per heavy atom. The van der Waals surface area contributed by atoms with E-state index in [1.165, 1.54) is 22.9 Å². The van der Waals surface area contributed by atoms with Gasteiger partial charge in [0.15, 0.2) is 0 Å². The van der Waals surface area contributed by atoms with Gasteiger partial charge >= 0.3 is 0 Å². The normalized spacial score (nSPS) is 28.1. The number of nitrogens with zero attached hydrogens (tertiary/aromatic N) is 1. The van der Waals surface area contributed by atoms with E-state index in [0.29, 0.717) is 11.8 Å². The van der Waals surface area contributed by atoms with Crippen LogP contribution >= 0.6 is 0 Å². The molecule has 2 aliphatic carbocycles. The molecular weight excluding hydrogens is 310 g/mol. The smallest absolute Gasteiger partial charge is 0.261 e. The molecule has 0 bridgehead atoms. The van der Waals surface area contributed by atoms with E-state index in [4.69, 9.17) is 0 Å². The lowest BCUT2D eigenvalue weighted by Gasteiger charge is -2.42. The molecule has 3 atom stereocenters. The van der Waals surface area contributed by atoms with E-state index in [1.54, 1.807) is 4.90 Å². The molecule has 0 spiro atoms. The number of amides is 2. The zero-order valence-electron chi connectivity index (χ0n) is 14.8. The molecule has 3 nitrogen and oxygen atoms in total. The Balaban J connectivity index is 1.69. The van der Waals surface area contributed by atoms with Crippen molar-refractivity contribution in [2.45, 2.75) is 52.0 Å². The number of rotatable bonds is 1. The summed E-state index contributed by atoms with van der Waals surface area (Å²) in [4.78, 5) is 28.2. The van der Waals surface area contributed by atoms with E-state index in [0.717, 1.165) is 42.2 Å². The third-order valence-corrected chi connectivity index (χ3v) is 6.89. The molecule has 1 aliphatic heterocycles. The summed E-state index contributed by atoms with van der Waals surface area (Å²) in [5, 5.41) is 2.08. The van der Waals surface area contributed by atoms with Crippen molar-refractivity contribution < 1.29 is 9.59 Å². The third kappa shape index (κ3) is 1.92. The molecule has 0 N–H and O–H groups in total. The summed E-state index contributed by atoms with van der Waals surface area (Å²) >= 11 is 0. The van der Waals surface area contributed by atoms with Gasteiger partial charge in [-0.05, 0) is 59.7 Å². The highest BCUT2D eigenvalue weighted by Crippen LogP contribution is 2.41. The van der Waals surface area contributed by atoms with E-state index < -0.39 is 0 Å². The van der Waals surface area contributed by atoms with E-state index >= 15 is 0 Å². The van der Waals surface area contributed by atoms with Crippen LogP contribution in [0.1, 0.15) is 65.0 Å². The second-order valence-corrected chi connectivity index (χ2v) is 8.11. The lowest BCUT2D eigenvalue weighted by Crippen LogP contribution is -2.52. The number of carbonyl (C=O) groups is 2. The van der Waals surface area contributed by atoms with Gasteiger partial charge in [-0.3, -0.25) is 14.5 Å². The maximum Gasteiger partial charge on any atom is 0.261 e. The van der Waals surface area contributed by atoms with E-state index in [-0.39, 0.29) is 17.9 Å². The van der Waals surface area contributed by atoms with Gasteiger partial charge in [0.25, 0.3) is 11.8 Å². The van der Waals surface area contributed by atoms with Crippen LogP contribution in [-0.4, -0.2) is 22.8 Å². The van der Waals surface area contributed by atoms with E-state index in [9.17, 15) is 9.59 Å². The first-order valence-corrected chi connectivity index (χ1v) is 9.53. The molecule has 0 aromatic heterocycles. The van der Waals surface area contributed by atoms with E-state index in [2.05, 4.69) is 26.0 Å². The summed E-state index contributed by atoms with van der Waals surface area (Å²) in [5.41, 5.74) is 4.01. The van der Waals surface area contributed by atoms with Gasteiger partial charge in [0.2, 0.25) is 0 Å². The molecule has 1 heterocycles. The van der Waals surface area contributed by atoms with Gasteiger partial charge in [-0.15, -0.1) is 0 Å². The number of aryl methyl sites for hydroxylation is 2. The Morgan fingerprint density at radius 3 is 2.04 bits per heavy atom. The molecular formula is C22H23NO2. The highest BCUT2D eigenvalue weighted by atomic mass is 16.2. The summed E-state index contributed by atoms with van der Waals surface area (Å²) in [5.74, 6) is 0.735. The quantitative estimate of drug-likeness (QED) is 0.727. The van der Waals surface area contributed by atoms with Crippen LogP contribution in [0.4, 0.5) is 0 Å². The van der Waals surface area contributed by atoms with Crippen molar-refractivity contribution >= 4 is 22.6 Å². The second kappa shape index (κ2) is 5.17. The maximum absolute atomic E-state index is 13.3. The highest BCUT2D eigenvalue weighted by Gasteiger charge is 2.42. The summed E-state index contributed by atoms with van der Waals surface area (Å²) in [6, 6.07) is 8.12. The van der Waals surface area contributed by atoms with Crippen LogP contribution in [0.15, 0.2) is 24.3 Å². The Hall–Kier alpha value is -2.16. The van der Waals surface area contributed by atoms with Crippen LogP contribution < -0.4 is 0 Å². The fourth-order valence-corrected chi connectivity index (χ4v) is 5.26. The first kappa shape index (κ1) is 15.1. The zero-order chi connectivity index (χ0) is 17.3. The minimum Gasteiger partial charge on any atom is -0.271 e. The average molecular weight is 333 g/mol. The van der Waals surface area contributed by atoms with Gasteiger partial charge in [0.1, 0.15) is 0 Å². The van der Waals surface area contributed by atoms with Gasteiger partial charge in [0, 0.05) is 22.6 Å². The molecule has 25 heavy (non-hydrogen) atoms. The maximum atomic E-state index is 13.3. The number of hydrogen-bond acceptors (Lipinski definition) is 2. The SMILES string of the molecule is C[C@H]1[C@H](N2C(=O)c3ccc4c5c(ccc(c35)C2=O)CC4)CCC[C@@H]1C. The lowest BCUT2D eigenvalue weighted by molar-refractivity contribution is 0.0385. The van der Waals surface area contributed by atoms with Gasteiger partial charge in [-0.25, -0.2) is 0 Å². The van der Waals surface area contributed by atoms with Crippen molar-refractivity contribution in [3.8, 4) is 0 Å². The van der Waals surface area contributed by atoms with Crippen molar-refractivity contribution in [3.63, 3.8) is 0 Å². The van der Waals surface area contributed by atoms with Crippen molar-refractivity contribution in [2.24, 2.45) is 11.8 Å². The van der Waals surface area contributed by atoms with Crippen LogP contribution in [0.5, 0.6) is 0 Å². The van der Waals surface area contributed by atoms with Crippen molar-refractivity contribution in [3.05, 3.63) is 46.5 Å². The summed E-state index contributed by atoms with van der Waals surface area (Å²) < 4.78 is 0. The molecule has 5 rings (SSSR count). The molecule has 0 radical (unpaired) electrons. The molecule has 1 fully saturated rings. The summed E-state index contributed by atoms with van der Waals surface area (Å²) in [7, 11) is 0. The Bertz CT molecular complexity index is 871. The van der Waals surface area contributed by atoms with Crippen molar-refractivity contribution in [1.82, 2.24) is 4.90 Å². The van der Waals surface area contributed by atoms with Crippen LogP contribution in [0.3, 0.4) is 0 Å². The zero-order valence-corrected chi connectivity index (χ0v) is 14.8. The Morgan fingerprint density at radius 2 is 1.44 bits per heavy atom. The first-order chi connectivity index (χ1) is 12.1. The molecule has 2 aromatic rings. The number of hydrogen-bond donors (Lipinski definition) is 0. The highest BCUT2D eigenvalue weighted by molar-refractivity contribution is 6.26. The second-order valence-electron chi connectivity index (χ2n) is 8.11. The van der Waals surface area contributed by atoms with E-state index in [1.807, 2.05) is 12.1 Å². The largest absolute Gasteiger partial charge is 0.271 e. The monoisotopic (exact) mass is 333 g/mol. The molecule has 1 saturated carbocycles. The topological polar surface area (TPSA) is 37.4 Å². The first-order valence-electron chi connectivity index (χ1n) is 9.53. The predicted octanol–water partition coefficient (Wildman–Crippen LogP) is 4.36. The molecule has 0 unspecified atom stereocenters. The van der Waals surface area contributed by atoms with Crippen LogP contribution in [-0.2, 0) is 12.8 Å². The summed E-state index contributed by atoms with van der Waals surface area (Å²) in [6.07, 6.45) is 5.23. The standard InChI is InChI=1S/C22H23NO2/c1-12-4-3-5-18(13(12)2)23-21(24)16-10-8-14-6-7-15-9-11-17(22(23)25)20(16)19(14)15/h8-13,18H,3-7H2,1-2H3/t12-,13+,18+/m0/s1. The molecule has 2 amide bonds. The summed E-state index contributed by atoms with van der Waals surface area (Å²) in [6.45, 7) is 4.44. The predicted molar refractivity (Wildman–Crippen MR) is 97.8 cm³/mol. The molecule has 0 saturated heterocycles. The van der Waals surface area contributed by atoms with Gasteiger partial charge in [-0.2, -0.15) is 0 Å². The fourth-order valence-electron chi connectivity index (χ4n) is 5.26. The van der Waals surface area contributed by atoms with Crippen molar-refractivity contribution in [2.75, 3.05) is 0 Å². The molecule has 3 aliphatic rings. The van der Waals surface area contributed by atoms with Gasteiger partial charge in [0.05, 0.1) is 0 Å². The molecule has 3 heteroatoms. The van der Waals surface area contributed by atoms with Crippen LogP contribution in [0.2, 0.25) is 0 Å². The Labute approximate surface area is 148 Å². The van der Waals surface area contributed by atoms with Gasteiger partial charge < -0.3 is 0 Å². The van der Waals surface area contributed by atoms with Crippen LogP contribution in [0.25, 0.3) is 10.8 Å². The minimum atomic E-state index is -0.0842. The lowest BCUT2D eigenvalue weighted by atomic mass is 9.76. The molecule has 2 aromatic carbocycles. The van der Waals surface area contributed by atoms with Crippen molar-refractivity contribution in [1.29, 1.82) is 0 Å². The Kier molecular flexibility index (Phi) is 3.13. The number of benzene rings is 2. The average Bonchev–Trinajstić information content (AvgIpc) is 3.03. The van der Waals surface area contributed by atoms with Gasteiger partial charge in [-0.1, -0.05) is 38.8 Å².